The fourth-order valence-electron chi connectivity index (χ4n) is 2.16. The van der Waals surface area contributed by atoms with Crippen LogP contribution in [0.3, 0.4) is 0 Å². The SMILES string of the molecule is CCOC(=O)/C(Cc1ccccc1)=C(/C)OC1COCCO1. The zero-order valence-electron chi connectivity index (χ0n) is 13.0. The number of rotatable bonds is 6. The molecule has 5 nitrogen and oxygen atoms in total. The molecule has 120 valence electrons. The summed E-state index contributed by atoms with van der Waals surface area (Å²) < 4.78 is 21.6. The first-order valence-electron chi connectivity index (χ1n) is 7.47. The molecule has 1 aliphatic heterocycles. The van der Waals surface area contributed by atoms with Crippen molar-refractivity contribution in [1.29, 1.82) is 0 Å². The molecule has 0 radical (unpaired) electrons. The molecule has 1 aliphatic rings. The number of carbonyl (C=O) groups excluding carboxylic acids is 1. The van der Waals surface area contributed by atoms with Gasteiger partial charge in [0.15, 0.2) is 0 Å². The summed E-state index contributed by atoms with van der Waals surface area (Å²) in [5, 5.41) is 0. The van der Waals surface area contributed by atoms with E-state index in [4.69, 9.17) is 18.9 Å². The van der Waals surface area contributed by atoms with Crippen molar-refractivity contribution in [1.82, 2.24) is 0 Å². The van der Waals surface area contributed by atoms with E-state index in [1.54, 1.807) is 13.8 Å². The van der Waals surface area contributed by atoms with Gasteiger partial charge in [-0.1, -0.05) is 30.3 Å². The largest absolute Gasteiger partial charge is 0.466 e. The fourth-order valence-corrected chi connectivity index (χ4v) is 2.16. The monoisotopic (exact) mass is 306 g/mol. The lowest BCUT2D eigenvalue weighted by atomic mass is 10.0. The average Bonchev–Trinajstić information content (AvgIpc) is 2.54. The van der Waals surface area contributed by atoms with Gasteiger partial charge in [0.1, 0.15) is 12.4 Å². The van der Waals surface area contributed by atoms with Crippen molar-refractivity contribution in [2.24, 2.45) is 0 Å². The quantitative estimate of drug-likeness (QED) is 0.459. The molecule has 1 fully saturated rings. The van der Waals surface area contributed by atoms with E-state index in [-0.39, 0.29) is 5.97 Å². The number of esters is 1. The number of ether oxygens (including phenoxy) is 4. The highest BCUT2D eigenvalue weighted by atomic mass is 16.7. The smallest absolute Gasteiger partial charge is 0.337 e. The van der Waals surface area contributed by atoms with Gasteiger partial charge in [0, 0.05) is 6.42 Å². The van der Waals surface area contributed by atoms with E-state index in [2.05, 4.69) is 0 Å². The maximum Gasteiger partial charge on any atom is 0.337 e. The van der Waals surface area contributed by atoms with Crippen LogP contribution in [0.5, 0.6) is 0 Å². The predicted octanol–water partition coefficient (Wildman–Crippen LogP) is 2.46. The summed E-state index contributed by atoms with van der Waals surface area (Å²) >= 11 is 0. The third-order valence-corrected chi connectivity index (χ3v) is 3.26. The lowest BCUT2D eigenvalue weighted by molar-refractivity contribution is -0.194. The molecule has 0 saturated carbocycles. The third-order valence-electron chi connectivity index (χ3n) is 3.26. The van der Waals surface area contributed by atoms with Crippen LogP contribution in [0.15, 0.2) is 41.7 Å². The molecule has 0 aliphatic carbocycles. The van der Waals surface area contributed by atoms with Gasteiger partial charge >= 0.3 is 5.97 Å². The molecule has 1 atom stereocenters. The van der Waals surface area contributed by atoms with Crippen LogP contribution in [0.1, 0.15) is 19.4 Å². The molecule has 2 rings (SSSR count). The van der Waals surface area contributed by atoms with E-state index in [1.165, 1.54) is 0 Å². The van der Waals surface area contributed by atoms with Gasteiger partial charge < -0.3 is 18.9 Å². The molecule has 5 heteroatoms. The summed E-state index contributed by atoms with van der Waals surface area (Å²) in [5.74, 6) is 0.151. The molecular weight excluding hydrogens is 284 g/mol. The van der Waals surface area contributed by atoms with Crippen molar-refractivity contribution in [2.45, 2.75) is 26.6 Å². The Balaban J connectivity index is 2.13. The first-order chi connectivity index (χ1) is 10.7. The Morgan fingerprint density at radius 3 is 2.68 bits per heavy atom. The van der Waals surface area contributed by atoms with Gasteiger partial charge in [0.05, 0.1) is 25.4 Å². The summed E-state index contributed by atoms with van der Waals surface area (Å²) in [6, 6.07) is 9.74. The average molecular weight is 306 g/mol. The third kappa shape index (κ3) is 4.86. The Bertz CT molecular complexity index is 503. The first-order valence-corrected chi connectivity index (χ1v) is 7.47. The van der Waals surface area contributed by atoms with E-state index in [1.807, 2.05) is 30.3 Å². The number of carbonyl (C=O) groups is 1. The summed E-state index contributed by atoms with van der Waals surface area (Å²) in [5.41, 5.74) is 1.52. The van der Waals surface area contributed by atoms with Crippen molar-refractivity contribution in [3.63, 3.8) is 0 Å². The van der Waals surface area contributed by atoms with Crippen molar-refractivity contribution in [3.05, 3.63) is 47.2 Å². The standard InChI is InChI=1S/C17H22O5/c1-3-20-17(18)15(11-14-7-5-4-6-8-14)13(2)22-16-12-19-9-10-21-16/h4-8,16H,3,9-12H2,1-2H3/b15-13-. The van der Waals surface area contributed by atoms with Crippen LogP contribution in [-0.2, 0) is 30.2 Å². The normalized spacial score (nSPS) is 19.3. The summed E-state index contributed by atoms with van der Waals surface area (Å²) in [7, 11) is 0. The van der Waals surface area contributed by atoms with E-state index in [0.29, 0.717) is 44.2 Å². The second-order valence-electron chi connectivity index (χ2n) is 4.91. The molecule has 1 heterocycles. The second kappa shape index (κ2) is 8.56. The van der Waals surface area contributed by atoms with Crippen LogP contribution in [-0.4, -0.2) is 38.7 Å². The van der Waals surface area contributed by atoms with Crippen LogP contribution in [0.4, 0.5) is 0 Å². The summed E-state index contributed by atoms with van der Waals surface area (Å²) in [6.45, 7) is 5.29. The van der Waals surface area contributed by atoms with Gasteiger partial charge in [-0.3, -0.25) is 0 Å². The van der Waals surface area contributed by atoms with Gasteiger partial charge in [-0.05, 0) is 19.4 Å². The van der Waals surface area contributed by atoms with Crippen LogP contribution >= 0.6 is 0 Å². The Morgan fingerprint density at radius 1 is 1.27 bits per heavy atom. The molecule has 0 amide bonds. The highest BCUT2D eigenvalue weighted by Crippen LogP contribution is 2.18. The topological polar surface area (TPSA) is 54.0 Å². The fraction of sp³-hybridized carbons (Fsp3) is 0.471. The van der Waals surface area contributed by atoms with Gasteiger partial charge in [-0.2, -0.15) is 0 Å². The minimum Gasteiger partial charge on any atom is -0.466 e. The Labute approximate surface area is 130 Å². The zero-order valence-corrected chi connectivity index (χ0v) is 13.0. The Hall–Kier alpha value is -1.85. The number of allylic oxidation sites excluding steroid dienone is 1. The lowest BCUT2D eigenvalue weighted by Crippen LogP contribution is -2.31. The van der Waals surface area contributed by atoms with Crippen LogP contribution in [0.25, 0.3) is 0 Å². The van der Waals surface area contributed by atoms with Gasteiger partial charge in [-0.15, -0.1) is 0 Å². The zero-order chi connectivity index (χ0) is 15.8. The van der Waals surface area contributed by atoms with Crippen molar-refractivity contribution in [2.75, 3.05) is 26.4 Å². The van der Waals surface area contributed by atoms with E-state index >= 15 is 0 Å². The first kappa shape index (κ1) is 16.5. The Kier molecular flexibility index (Phi) is 6.43. The highest BCUT2D eigenvalue weighted by Gasteiger charge is 2.21. The minimum atomic E-state index is -0.478. The van der Waals surface area contributed by atoms with E-state index in [9.17, 15) is 4.79 Å². The molecule has 1 aromatic carbocycles. The maximum atomic E-state index is 12.2. The molecule has 0 spiro atoms. The number of benzene rings is 1. The maximum absolute atomic E-state index is 12.2. The van der Waals surface area contributed by atoms with Crippen LogP contribution in [0, 0.1) is 0 Å². The molecular formula is C17H22O5. The number of hydrogen-bond acceptors (Lipinski definition) is 5. The van der Waals surface area contributed by atoms with Gasteiger partial charge in [0.25, 0.3) is 0 Å². The van der Waals surface area contributed by atoms with E-state index < -0.39 is 6.29 Å². The van der Waals surface area contributed by atoms with E-state index in [0.717, 1.165) is 5.56 Å². The molecule has 1 unspecified atom stereocenters. The second-order valence-corrected chi connectivity index (χ2v) is 4.91. The van der Waals surface area contributed by atoms with Crippen molar-refractivity contribution >= 4 is 5.97 Å². The molecule has 0 aromatic heterocycles. The van der Waals surface area contributed by atoms with Crippen molar-refractivity contribution in [3.8, 4) is 0 Å². The summed E-state index contributed by atoms with van der Waals surface area (Å²) in [6.07, 6.45) is -0.0204. The van der Waals surface area contributed by atoms with Gasteiger partial charge in [0.2, 0.25) is 6.29 Å². The van der Waals surface area contributed by atoms with Crippen LogP contribution < -0.4 is 0 Å². The molecule has 0 bridgehead atoms. The molecule has 1 aromatic rings. The molecule has 1 saturated heterocycles. The number of hydrogen-bond donors (Lipinski definition) is 0. The minimum absolute atomic E-state index is 0.327. The lowest BCUT2D eigenvalue weighted by Gasteiger charge is -2.25. The molecule has 0 N–H and O–H groups in total. The van der Waals surface area contributed by atoms with Crippen molar-refractivity contribution < 1.29 is 23.7 Å². The Morgan fingerprint density at radius 2 is 2.05 bits per heavy atom. The predicted molar refractivity (Wildman–Crippen MR) is 81.1 cm³/mol. The van der Waals surface area contributed by atoms with Gasteiger partial charge in [-0.25, -0.2) is 4.79 Å². The molecule has 22 heavy (non-hydrogen) atoms. The highest BCUT2D eigenvalue weighted by molar-refractivity contribution is 5.89. The summed E-state index contributed by atoms with van der Waals surface area (Å²) in [4.78, 5) is 12.2. The van der Waals surface area contributed by atoms with Crippen LogP contribution in [0.2, 0.25) is 0 Å².